The molecule has 0 saturated heterocycles. The van der Waals surface area contributed by atoms with Crippen LogP contribution in [-0.2, 0) is 14.8 Å². The van der Waals surface area contributed by atoms with E-state index in [0.717, 1.165) is 12.3 Å². The number of pyridine rings is 1. The van der Waals surface area contributed by atoms with Crippen molar-refractivity contribution in [3.63, 3.8) is 0 Å². The molecule has 1 heterocycles. The lowest BCUT2D eigenvalue weighted by Gasteiger charge is -2.18. The van der Waals surface area contributed by atoms with E-state index in [1.54, 1.807) is 9.62 Å². The van der Waals surface area contributed by atoms with Crippen molar-refractivity contribution in [2.24, 2.45) is 0 Å². The summed E-state index contributed by atoms with van der Waals surface area (Å²) in [5.74, 6) is -4.12. The van der Waals surface area contributed by atoms with Crippen LogP contribution in [0.15, 0.2) is 41.4 Å². The Labute approximate surface area is 194 Å². The van der Waals surface area contributed by atoms with Gasteiger partial charge < -0.3 is 25.2 Å². The van der Waals surface area contributed by atoms with Gasteiger partial charge in [0.1, 0.15) is 6.54 Å². The average molecular weight is 494 g/mol. The van der Waals surface area contributed by atoms with Gasteiger partial charge in [-0.2, -0.15) is 0 Å². The van der Waals surface area contributed by atoms with Crippen LogP contribution in [0.3, 0.4) is 0 Å². The number of nitrogens with one attached hydrogen (secondary N) is 2. The molecule has 1 aromatic heterocycles. The first-order chi connectivity index (χ1) is 16.0. The Morgan fingerprint density at radius 1 is 1.06 bits per heavy atom. The summed E-state index contributed by atoms with van der Waals surface area (Å²) in [6.07, 6.45) is -0.371. The van der Waals surface area contributed by atoms with Gasteiger partial charge in [-0.3, -0.25) is 14.4 Å². The van der Waals surface area contributed by atoms with E-state index in [1.807, 2.05) is 19.2 Å². The Bertz CT molecular complexity index is 1190. The van der Waals surface area contributed by atoms with Crippen LogP contribution in [0.4, 0.5) is 4.79 Å². The maximum absolute atomic E-state index is 12.5. The van der Waals surface area contributed by atoms with Crippen molar-refractivity contribution in [2.45, 2.75) is 18.7 Å². The molecular weight excluding hydrogens is 472 g/mol. The number of aromatic nitrogens is 1. The standard InChI is InChI=1S/C20H22N4O9S/c1-3-24(4-2)19(29)12-5-7-14(8-6-12)34(31,32)23-17(28)13-9-15(25)18(21-10-13)33-20(30)22-11-16(26)27/h5-10,25H,3-4,11H2,1-2H3,(H,22,30)(H,23,28)(H,26,27). The molecule has 0 saturated carbocycles. The number of benzene rings is 1. The van der Waals surface area contributed by atoms with Gasteiger partial charge in [0.05, 0.1) is 10.5 Å². The SMILES string of the molecule is CCN(CC)C(=O)c1ccc(S(=O)(=O)NC(=O)c2cnc(OC(=O)NCC(=O)O)c(O)c2)cc1. The molecule has 14 heteroatoms. The second-order valence-corrected chi connectivity index (χ2v) is 8.30. The molecule has 0 radical (unpaired) electrons. The number of hydrogen-bond acceptors (Lipinski definition) is 9. The first-order valence-electron chi connectivity index (χ1n) is 9.81. The van der Waals surface area contributed by atoms with E-state index in [4.69, 9.17) is 5.11 Å². The van der Waals surface area contributed by atoms with Crippen LogP contribution in [0, 0.1) is 0 Å². The predicted octanol–water partition coefficient (Wildman–Crippen LogP) is 0.561. The van der Waals surface area contributed by atoms with Crippen LogP contribution in [0.5, 0.6) is 11.6 Å². The number of sulfonamides is 1. The largest absolute Gasteiger partial charge is 0.503 e. The second-order valence-electron chi connectivity index (χ2n) is 6.62. The van der Waals surface area contributed by atoms with E-state index >= 15 is 0 Å². The third kappa shape index (κ3) is 6.65. The fraction of sp³-hybridized carbons (Fsp3) is 0.250. The number of hydrogen-bond donors (Lipinski definition) is 4. The fourth-order valence-corrected chi connectivity index (χ4v) is 3.60. The molecule has 2 aromatic rings. The fourth-order valence-electron chi connectivity index (χ4n) is 2.63. The van der Waals surface area contributed by atoms with Crippen LogP contribution in [0.25, 0.3) is 0 Å². The summed E-state index contributed by atoms with van der Waals surface area (Å²) in [5.41, 5.74) is -0.0845. The van der Waals surface area contributed by atoms with Gasteiger partial charge >= 0.3 is 12.1 Å². The molecule has 182 valence electrons. The molecule has 0 fully saturated rings. The third-order valence-corrected chi connectivity index (χ3v) is 5.70. The van der Waals surface area contributed by atoms with Gasteiger partial charge in [-0.1, -0.05) is 0 Å². The number of aromatic hydroxyl groups is 1. The first kappa shape index (κ1) is 26.1. The van der Waals surface area contributed by atoms with E-state index in [9.17, 15) is 32.7 Å². The van der Waals surface area contributed by atoms with E-state index in [1.165, 1.54) is 24.3 Å². The van der Waals surface area contributed by atoms with Gasteiger partial charge in [0.2, 0.25) is 0 Å². The van der Waals surface area contributed by atoms with Crippen molar-refractivity contribution >= 4 is 33.9 Å². The number of aliphatic carboxylic acids is 1. The number of carbonyl (C=O) groups excluding carboxylic acids is 3. The summed E-state index contributed by atoms with van der Waals surface area (Å²) in [6.45, 7) is 3.87. The lowest BCUT2D eigenvalue weighted by Crippen LogP contribution is -2.32. The zero-order valence-electron chi connectivity index (χ0n) is 18.1. The van der Waals surface area contributed by atoms with Crippen LogP contribution in [-0.4, -0.2) is 72.0 Å². The lowest BCUT2D eigenvalue weighted by atomic mass is 10.2. The van der Waals surface area contributed by atoms with E-state index in [-0.39, 0.29) is 21.9 Å². The highest BCUT2D eigenvalue weighted by molar-refractivity contribution is 7.90. The highest BCUT2D eigenvalue weighted by atomic mass is 32.2. The van der Waals surface area contributed by atoms with Crippen molar-refractivity contribution in [1.82, 2.24) is 19.9 Å². The molecule has 0 atom stereocenters. The van der Waals surface area contributed by atoms with Crippen LogP contribution in [0.1, 0.15) is 34.6 Å². The molecule has 1 aromatic carbocycles. The summed E-state index contributed by atoms with van der Waals surface area (Å²) in [6, 6.07) is 5.82. The molecular formula is C20H22N4O9S. The summed E-state index contributed by atoms with van der Waals surface area (Å²) in [5, 5.41) is 20.3. The second kappa shape index (κ2) is 11.1. The smallest absolute Gasteiger partial charge is 0.414 e. The Hall–Kier alpha value is -4.20. The summed E-state index contributed by atoms with van der Waals surface area (Å²) < 4.78 is 31.5. The zero-order chi connectivity index (χ0) is 25.5. The maximum atomic E-state index is 12.5. The summed E-state index contributed by atoms with van der Waals surface area (Å²) in [4.78, 5) is 51.4. The van der Waals surface area contributed by atoms with Crippen molar-refractivity contribution in [2.75, 3.05) is 19.6 Å². The maximum Gasteiger partial charge on any atom is 0.414 e. The third-order valence-electron chi connectivity index (χ3n) is 4.36. The van der Waals surface area contributed by atoms with E-state index in [0.29, 0.717) is 13.1 Å². The van der Waals surface area contributed by atoms with Crippen LogP contribution >= 0.6 is 0 Å². The molecule has 0 aliphatic heterocycles. The minimum Gasteiger partial charge on any atom is -0.503 e. The Kier molecular flexibility index (Phi) is 8.50. The normalized spacial score (nSPS) is 10.8. The zero-order valence-corrected chi connectivity index (χ0v) is 19.0. The van der Waals surface area contributed by atoms with Gasteiger partial charge in [0.25, 0.3) is 27.7 Å². The number of carboxylic acid groups (broad SMARTS) is 1. The molecule has 0 spiro atoms. The van der Waals surface area contributed by atoms with Crippen LogP contribution in [0.2, 0.25) is 0 Å². The minimum atomic E-state index is -4.32. The van der Waals surface area contributed by atoms with E-state index < -0.39 is 46.2 Å². The van der Waals surface area contributed by atoms with Gasteiger partial charge in [-0.15, -0.1) is 0 Å². The van der Waals surface area contributed by atoms with Crippen molar-refractivity contribution in [3.05, 3.63) is 47.7 Å². The predicted molar refractivity (Wildman–Crippen MR) is 116 cm³/mol. The van der Waals surface area contributed by atoms with Gasteiger partial charge in [0, 0.05) is 24.8 Å². The van der Waals surface area contributed by atoms with E-state index in [2.05, 4.69) is 9.72 Å². The van der Waals surface area contributed by atoms with Crippen molar-refractivity contribution in [3.8, 4) is 11.6 Å². The number of nitrogens with zero attached hydrogens (tertiary/aromatic N) is 2. The summed E-state index contributed by atoms with van der Waals surface area (Å²) in [7, 11) is -4.32. The molecule has 0 aliphatic rings. The monoisotopic (exact) mass is 494 g/mol. The van der Waals surface area contributed by atoms with Crippen molar-refractivity contribution < 1.29 is 42.5 Å². The topological polar surface area (TPSA) is 192 Å². The van der Waals surface area contributed by atoms with Crippen LogP contribution < -0.4 is 14.8 Å². The number of carbonyl (C=O) groups is 4. The number of ether oxygens (including phenoxy) is 1. The Morgan fingerprint density at radius 2 is 1.68 bits per heavy atom. The molecule has 3 amide bonds. The lowest BCUT2D eigenvalue weighted by molar-refractivity contribution is -0.135. The van der Waals surface area contributed by atoms with Gasteiger partial charge in [-0.25, -0.2) is 22.9 Å². The summed E-state index contributed by atoms with van der Waals surface area (Å²) >= 11 is 0. The highest BCUT2D eigenvalue weighted by Gasteiger charge is 2.22. The minimum absolute atomic E-state index is 0.265. The molecule has 34 heavy (non-hydrogen) atoms. The molecule has 0 bridgehead atoms. The molecule has 0 unspecified atom stereocenters. The first-order valence-corrected chi connectivity index (χ1v) is 11.3. The van der Waals surface area contributed by atoms with Gasteiger partial charge in [0.15, 0.2) is 5.75 Å². The number of carboxylic acids is 1. The Morgan fingerprint density at radius 3 is 2.21 bits per heavy atom. The number of amides is 3. The van der Waals surface area contributed by atoms with Crippen molar-refractivity contribution in [1.29, 1.82) is 0 Å². The van der Waals surface area contributed by atoms with Gasteiger partial charge in [-0.05, 0) is 44.2 Å². The highest BCUT2D eigenvalue weighted by Crippen LogP contribution is 2.24. The molecule has 0 aliphatic carbocycles. The average Bonchev–Trinajstić information content (AvgIpc) is 2.79. The molecule has 13 nitrogen and oxygen atoms in total. The quantitative estimate of drug-likeness (QED) is 0.383. The number of rotatable bonds is 9. The Balaban J connectivity index is 2.11. The molecule has 2 rings (SSSR count). The molecule has 4 N–H and O–H groups in total.